The van der Waals surface area contributed by atoms with Crippen molar-refractivity contribution in [2.24, 2.45) is 22.2 Å². The quantitative estimate of drug-likeness (QED) is 0.0410. The Bertz CT molecular complexity index is 1030. The molecule has 0 radical (unpaired) electrons. The number of amides is 3. The van der Waals surface area contributed by atoms with Gasteiger partial charge < -0.3 is 48.5 Å². The zero-order valence-electron chi connectivity index (χ0n) is 21.1. The number of carboxylic acids is 2. The number of carbonyl (C=O) groups excluding carboxylic acids is 3. The average molecular weight is 570 g/mol. The Morgan fingerprint density at radius 2 is 1.44 bits per heavy atom. The molecule has 0 saturated heterocycles. The second-order valence-electron chi connectivity index (χ2n) is 8.56. The second-order valence-corrected chi connectivity index (χ2v) is 8.93. The molecule has 0 aliphatic heterocycles. The Balaban J connectivity index is 3.14. The lowest BCUT2D eigenvalue weighted by Crippen LogP contribution is -2.57. The van der Waals surface area contributed by atoms with E-state index in [0.717, 1.165) is 0 Å². The Morgan fingerprint density at radius 3 is 1.97 bits per heavy atom. The van der Waals surface area contributed by atoms with E-state index in [2.05, 4.69) is 33.6 Å². The molecule has 12 N–H and O–H groups in total. The highest BCUT2D eigenvalue weighted by Crippen LogP contribution is 2.12. The molecule has 0 aromatic heterocycles. The molecule has 1 aromatic carbocycles. The molecule has 0 fully saturated rings. The van der Waals surface area contributed by atoms with Gasteiger partial charge in [0.25, 0.3) is 0 Å². The summed E-state index contributed by atoms with van der Waals surface area (Å²) in [5.41, 5.74) is 16.9. The summed E-state index contributed by atoms with van der Waals surface area (Å²) in [6.45, 7) is 0.132. The monoisotopic (exact) mass is 569 g/mol. The molecular formula is C23H35N7O8S. The molecule has 216 valence electrons. The van der Waals surface area contributed by atoms with Crippen LogP contribution in [0.1, 0.15) is 31.2 Å². The lowest BCUT2D eigenvalue weighted by atomic mass is 10.0. The number of phenols is 1. The first-order valence-electron chi connectivity index (χ1n) is 11.9. The van der Waals surface area contributed by atoms with Crippen molar-refractivity contribution >= 4 is 48.2 Å². The number of benzene rings is 1. The van der Waals surface area contributed by atoms with Gasteiger partial charge in [0.2, 0.25) is 17.7 Å². The lowest BCUT2D eigenvalue weighted by Gasteiger charge is -2.25. The minimum Gasteiger partial charge on any atom is -0.508 e. The van der Waals surface area contributed by atoms with Gasteiger partial charge in [-0.3, -0.25) is 24.2 Å². The normalized spacial score (nSPS) is 13.7. The van der Waals surface area contributed by atoms with E-state index in [9.17, 15) is 34.2 Å². The maximum Gasteiger partial charge on any atom is 0.327 e. The number of hydrogen-bond donors (Lipinski definition) is 10. The van der Waals surface area contributed by atoms with Crippen LogP contribution in [0.5, 0.6) is 5.75 Å². The molecule has 4 unspecified atom stereocenters. The van der Waals surface area contributed by atoms with Crippen LogP contribution in [-0.2, 0) is 30.4 Å². The van der Waals surface area contributed by atoms with Gasteiger partial charge in [-0.25, -0.2) is 4.79 Å². The molecule has 0 aliphatic rings. The lowest BCUT2D eigenvalue weighted by molar-refractivity contribution is -0.141. The summed E-state index contributed by atoms with van der Waals surface area (Å²) in [5, 5.41) is 34.9. The van der Waals surface area contributed by atoms with Crippen LogP contribution in [0.4, 0.5) is 0 Å². The van der Waals surface area contributed by atoms with Crippen molar-refractivity contribution in [1.82, 2.24) is 16.0 Å². The molecule has 1 aromatic rings. The Hall–Kier alpha value is -4.05. The molecule has 0 heterocycles. The fraction of sp³-hybridized carbons (Fsp3) is 0.478. The summed E-state index contributed by atoms with van der Waals surface area (Å²) < 4.78 is 0. The van der Waals surface area contributed by atoms with Gasteiger partial charge in [-0.05, 0) is 37.0 Å². The summed E-state index contributed by atoms with van der Waals surface area (Å²) >= 11 is 3.92. The SMILES string of the molecule is NC(N)=NCCCC(NC(=O)C(N)CCC(=O)O)C(=O)NC(Cc1ccc(O)cc1)C(=O)NC(CS)C(=O)O. The first-order chi connectivity index (χ1) is 18.3. The number of nitrogens with one attached hydrogen (secondary N) is 3. The fourth-order valence-electron chi connectivity index (χ4n) is 3.27. The Labute approximate surface area is 230 Å². The van der Waals surface area contributed by atoms with E-state index >= 15 is 0 Å². The van der Waals surface area contributed by atoms with E-state index < -0.39 is 53.8 Å². The van der Waals surface area contributed by atoms with E-state index in [1.807, 2.05) is 0 Å². The first kappa shape index (κ1) is 33.0. The number of rotatable bonds is 17. The molecule has 15 nitrogen and oxygen atoms in total. The fourth-order valence-corrected chi connectivity index (χ4v) is 3.52. The highest BCUT2D eigenvalue weighted by atomic mass is 32.1. The van der Waals surface area contributed by atoms with Crippen LogP contribution in [0.25, 0.3) is 0 Å². The van der Waals surface area contributed by atoms with Crippen LogP contribution in [0.2, 0.25) is 0 Å². The number of thiol groups is 1. The molecular weight excluding hydrogens is 534 g/mol. The van der Waals surface area contributed by atoms with Crippen LogP contribution in [0.15, 0.2) is 29.3 Å². The third-order valence-corrected chi connectivity index (χ3v) is 5.76. The first-order valence-corrected chi connectivity index (χ1v) is 12.5. The summed E-state index contributed by atoms with van der Waals surface area (Å²) in [6.07, 6.45) is -0.335. The third kappa shape index (κ3) is 12.8. The number of aromatic hydroxyl groups is 1. The van der Waals surface area contributed by atoms with Gasteiger partial charge >= 0.3 is 11.9 Å². The number of nitrogens with zero attached hydrogens (tertiary/aromatic N) is 1. The number of aliphatic carboxylic acids is 2. The summed E-state index contributed by atoms with van der Waals surface area (Å²) in [4.78, 5) is 64.8. The molecule has 4 atom stereocenters. The number of carboxylic acid groups (broad SMARTS) is 2. The molecule has 1 rings (SSSR count). The van der Waals surface area contributed by atoms with E-state index in [4.69, 9.17) is 22.3 Å². The van der Waals surface area contributed by atoms with Crippen molar-refractivity contribution in [3.8, 4) is 5.75 Å². The van der Waals surface area contributed by atoms with Crippen molar-refractivity contribution in [2.45, 2.75) is 56.3 Å². The number of aliphatic imine (C=N–C) groups is 1. The molecule has 39 heavy (non-hydrogen) atoms. The van der Waals surface area contributed by atoms with Gasteiger partial charge in [0.05, 0.1) is 6.04 Å². The summed E-state index contributed by atoms with van der Waals surface area (Å²) in [6, 6.07) is 0.769. The zero-order chi connectivity index (χ0) is 29.5. The van der Waals surface area contributed by atoms with Crippen molar-refractivity contribution < 1.29 is 39.3 Å². The van der Waals surface area contributed by atoms with E-state index in [1.54, 1.807) is 0 Å². The van der Waals surface area contributed by atoms with Gasteiger partial charge in [0, 0.05) is 25.1 Å². The van der Waals surface area contributed by atoms with Crippen LogP contribution < -0.4 is 33.2 Å². The number of carbonyl (C=O) groups is 5. The van der Waals surface area contributed by atoms with Gasteiger partial charge in [0.15, 0.2) is 5.96 Å². The second kappa shape index (κ2) is 16.7. The summed E-state index contributed by atoms with van der Waals surface area (Å²) in [5.74, 6) is -5.25. The standard InChI is InChI=1S/C23H35N7O8S/c24-14(7-8-18(32)33)19(34)28-15(2-1-9-27-23(25)26)20(35)29-16(10-12-3-5-13(31)6-4-12)21(36)30-17(11-39)22(37)38/h3-6,14-17,31,39H,1-2,7-11,24H2,(H,28,34)(H,29,35)(H,30,36)(H,32,33)(H,37,38)(H4,25,26,27). The van der Waals surface area contributed by atoms with Gasteiger partial charge in [-0.2, -0.15) is 12.6 Å². The zero-order valence-corrected chi connectivity index (χ0v) is 22.0. The van der Waals surface area contributed by atoms with Gasteiger partial charge in [-0.1, -0.05) is 12.1 Å². The highest BCUT2D eigenvalue weighted by Gasteiger charge is 2.30. The van der Waals surface area contributed by atoms with Crippen molar-refractivity contribution in [3.63, 3.8) is 0 Å². The smallest absolute Gasteiger partial charge is 0.327 e. The van der Waals surface area contributed by atoms with Crippen molar-refractivity contribution in [3.05, 3.63) is 29.8 Å². The predicted molar refractivity (Wildman–Crippen MR) is 144 cm³/mol. The van der Waals surface area contributed by atoms with Crippen molar-refractivity contribution in [1.29, 1.82) is 0 Å². The molecule has 0 bridgehead atoms. The van der Waals surface area contributed by atoms with Crippen molar-refractivity contribution in [2.75, 3.05) is 12.3 Å². The maximum absolute atomic E-state index is 13.2. The molecule has 0 saturated carbocycles. The average Bonchev–Trinajstić information content (AvgIpc) is 2.87. The predicted octanol–water partition coefficient (Wildman–Crippen LogP) is -2.35. The van der Waals surface area contributed by atoms with E-state index in [-0.39, 0.29) is 56.1 Å². The largest absolute Gasteiger partial charge is 0.508 e. The molecule has 16 heteroatoms. The van der Waals surface area contributed by atoms with E-state index in [1.165, 1.54) is 24.3 Å². The Kier molecular flexibility index (Phi) is 14.1. The number of nitrogens with two attached hydrogens (primary N) is 3. The third-order valence-electron chi connectivity index (χ3n) is 5.39. The molecule has 3 amide bonds. The topological polar surface area (TPSA) is 273 Å². The van der Waals surface area contributed by atoms with Gasteiger partial charge in [-0.15, -0.1) is 0 Å². The van der Waals surface area contributed by atoms with Gasteiger partial charge in [0.1, 0.15) is 23.9 Å². The van der Waals surface area contributed by atoms with Crippen LogP contribution in [-0.4, -0.2) is 87.4 Å². The van der Waals surface area contributed by atoms with Crippen LogP contribution >= 0.6 is 12.6 Å². The Morgan fingerprint density at radius 1 is 0.872 bits per heavy atom. The highest BCUT2D eigenvalue weighted by molar-refractivity contribution is 7.80. The molecule has 0 aliphatic carbocycles. The van der Waals surface area contributed by atoms with E-state index in [0.29, 0.717) is 5.56 Å². The molecule has 0 spiro atoms. The van der Waals surface area contributed by atoms with Crippen LogP contribution in [0, 0.1) is 0 Å². The minimum atomic E-state index is -1.33. The maximum atomic E-state index is 13.2. The summed E-state index contributed by atoms with van der Waals surface area (Å²) in [7, 11) is 0. The minimum absolute atomic E-state index is 0.0207. The van der Waals surface area contributed by atoms with Crippen LogP contribution in [0.3, 0.4) is 0 Å². The number of guanidine groups is 1. The number of hydrogen-bond acceptors (Lipinski definition) is 9. The number of phenolic OH excluding ortho intramolecular Hbond substituents is 1.